The zero-order chi connectivity index (χ0) is 22.3. The van der Waals surface area contributed by atoms with E-state index in [9.17, 15) is 23.5 Å². The molecule has 0 unspecified atom stereocenters. The summed E-state index contributed by atoms with van der Waals surface area (Å²) < 4.78 is 28.8. The van der Waals surface area contributed by atoms with Crippen LogP contribution in [0.3, 0.4) is 0 Å². The molecule has 162 valence electrons. The summed E-state index contributed by atoms with van der Waals surface area (Å²) in [6.07, 6.45) is 2.56. The number of aliphatic hydroxyl groups is 1. The van der Waals surface area contributed by atoms with E-state index in [1.54, 1.807) is 30.3 Å². The average molecular weight is 492 g/mol. The maximum absolute atomic E-state index is 14.3. The molecule has 3 heterocycles. The molecule has 1 amide bonds. The molecular formula is C22H20BrF2N3O3. The highest BCUT2D eigenvalue weighted by Crippen LogP contribution is 2.42. The molecule has 6 nitrogen and oxygen atoms in total. The van der Waals surface area contributed by atoms with Gasteiger partial charge in [0.05, 0.1) is 18.5 Å². The molecule has 9 heteroatoms. The SMILES string of the molecule is C[C@]12CCCN1N(Cc1cccc(F)c1F)C(=O)C(C(=O)Cc1ccc(Br)cn1)=C2O. The number of ketones is 1. The second kappa shape index (κ2) is 8.12. The fraction of sp³-hybridized carbons (Fsp3) is 0.318. The summed E-state index contributed by atoms with van der Waals surface area (Å²) in [5.41, 5.74) is -0.869. The monoisotopic (exact) mass is 491 g/mol. The van der Waals surface area contributed by atoms with E-state index in [0.717, 1.165) is 10.5 Å². The topological polar surface area (TPSA) is 73.7 Å². The maximum Gasteiger partial charge on any atom is 0.275 e. The Hall–Kier alpha value is -2.65. The first-order valence-corrected chi connectivity index (χ1v) is 10.6. The molecule has 0 radical (unpaired) electrons. The number of hydrogen-bond donors (Lipinski definition) is 1. The number of pyridine rings is 1. The third-order valence-corrected chi connectivity index (χ3v) is 6.32. The average Bonchev–Trinajstić information content (AvgIpc) is 3.13. The summed E-state index contributed by atoms with van der Waals surface area (Å²) in [5, 5.41) is 13.8. The predicted octanol–water partition coefficient (Wildman–Crippen LogP) is 3.86. The standard InChI is InChI=1S/C22H20BrF2N3O3/c1-22-8-3-9-28(22)27(12-13-4-2-5-16(24)19(13)25)21(31)18(20(22)30)17(29)10-15-7-6-14(23)11-26-15/h2,4-7,11,30H,3,8-10,12H2,1H3/t22-/m1/s1. The van der Waals surface area contributed by atoms with E-state index in [2.05, 4.69) is 20.9 Å². The Balaban J connectivity index is 1.70. The van der Waals surface area contributed by atoms with Crippen molar-refractivity contribution in [3.05, 3.63) is 75.2 Å². The Bertz CT molecular complexity index is 1090. The van der Waals surface area contributed by atoms with Crippen molar-refractivity contribution >= 4 is 27.6 Å². The third-order valence-electron chi connectivity index (χ3n) is 5.85. The van der Waals surface area contributed by atoms with Gasteiger partial charge in [0, 0.05) is 28.5 Å². The molecular weight excluding hydrogens is 472 g/mol. The lowest BCUT2D eigenvalue weighted by molar-refractivity contribution is -0.160. The second-order valence-electron chi connectivity index (χ2n) is 7.87. The molecule has 1 aromatic heterocycles. The van der Waals surface area contributed by atoms with Crippen LogP contribution >= 0.6 is 15.9 Å². The van der Waals surface area contributed by atoms with Gasteiger partial charge in [0.2, 0.25) is 0 Å². The van der Waals surface area contributed by atoms with Crippen molar-refractivity contribution in [2.45, 2.75) is 38.3 Å². The smallest absolute Gasteiger partial charge is 0.275 e. The van der Waals surface area contributed by atoms with Crippen LogP contribution in [0.25, 0.3) is 0 Å². The van der Waals surface area contributed by atoms with Gasteiger partial charge < -0.3 is 5.11 Å². The maximum atomic E-state index is 14.3. The molecule has 31 heavy (non-hydrogen) atoms. The molecule has 0 spiro atoms. The Kier molecular flexibility index (Phi) is 5.65. The van der Waals surface area contributed by atoms with Gasteiger partial charge in [0.15, 0.2) is 17.4 Å². The molecule has 2 aliphatic heterocycles. The number of aliphatic hydroxyl groups excluding tert-OH is 1. The van der Waals surface area contributed by atoms with E-state index in [0.29, 0.717) is 25.1 Å². The number of Topliss-reactive ketones (excluding diaryl/α,β-unsaturated/α-hetero) is 1. The van der Waals surface area contributed by atoms with E-state index < -0.39 is 28.9 Å². The van der Waals surface area contributed by atoms with Crippen molar-refractivity contribution in [3.8, 4) is 0 Å². The van der Waals surface area contributed by atoms with Crippen LogP contribution in [0.15, 0.2) is 52.3 Å². The van der Waals surface area contributed by atoms with Crippen molar-refractivity contribution in [3.63, 3.8) is 0 Å². The zero-order valence-corrected chi connectivity index (χ0v) is 18.3. The fourth-order valence-electron chi connectivity index (χ4n) is 4.19. The lowest BCUT2D eigenvalue weighted by Crippen LogP contribution is -2.60. The molecule has 0 aliphatic carbocycles. The summed E-state index contributed by atoms with van der Waals surface area (Å²) in [5.74, 6) is -3.64. The number of halogens is 3. The molecule has 2 aromatic rings. The highest BCUT2D eigenvalue weighted by atomic mass is 79.9. The first-order chi connectivity index (χ1) is 14.7. The Morgan fingerprint density at radius 2 is 2.06 bits per heavy atom. The molecule has 1 fully saturated rings. The van der Waals surface area contributed by atoms with Crippen molar-refractivity contribution in [2.24, 2.45) is 0 Å². The van der Waals surface area contributed by atoms with Crippen LogP contribution in [-0.4, -0.2) is 43.9 Å². The van der Waals surface area contributed by atoms with Crippen LogP contribution in [0.4, 0.5) is 8.78 Å². The zero-order valence-electron chi connectivity index (χ0n) is 16.7. The number of nitrogens with zero attached hydrogens (tertiary/aromatic N) is 3. The van der Waals surface area contributed by atoms with Crippen LogP contribution in [0.5, 0.6) is 0 Å². The number of aromatic nitrogens is 1. The molecule has 1 N–H and O–H groups in total. The minimum Gasteiger partial charge on any atom is -0.509 e. The number of hydrogen-bond acceptors (Lipinski definition) is 5. The van der Waals surface area contributed by atoms with Crippen molar-refractivity contribution in [1.29, 1.82) is 0 Å². The molecule has 4 rings (SSSR count). The van der Waals surface area contributed by atoms with Crippen LogP contribution in [0, 0.1) is 11.6 Å². The van der Waals surface area contributed by atoms with Gasteiger partial charge in [-0.05, 0) is 53.9 Å². The highest BCUT2D eigenvalue weighted by molar-refractivity contribution is 9.10. The van der Waals surface area contributed by atoms with Crippen molar-refractivity contribution < 1.29 is 23.5 Å². The van der Waals surface area contributed by atoms with Gasteiger partial charge in [-0.2, -0.15) is 0 Å². The number of carbonyl (C=O) groups excluding carboxylic acids is 2. The Morgan fingerprint density at radius 3 is 2.77 bits per heavy atom. The summed E-state index contributed by atoms with van der Waals surface area (Å²) in [4.78, 5) is 30.5. The minimum absolute atomic E-state index is 0.00892. The predicted molar refractivity (Wildman–Crippen MR) is 112 cm³/mol. The minimum atomic E-state index is -1.04. The Labute approximate surface area is 186 Å². The molecule has 0 bridgehead atoms. The number of amides is 1. The van der Waals surface area contributed by atoms with Crippen LogP contribution in [0.2, 0.25) is 0 Å². The number of fused-ring (bicyclic) bond motifs is 1. The van der Waals surface area contributed by atoms with Crippen LogP contribution in [-0.2, 0) is 22.6 Å². The highest BCUT2D eigenvalue weighted by Gasteiger charge is 2.52. The van der Waals surface area contributed by atoms with Gasteiger partial charge in [-0.15, -0.1) is 0 Å². The van der Waals surface area contributed by atoms with E-state index in [1.807, 2.05) is 0 Å². The van der Waals surface area contributed by atoms with Gasteiger partial charge in [0.25, 0.3) is 5.91 Å². The number of rotatable bonds is 5. The van der Waals surface area contributed by atoms with Gasteiger partial charge in [-0.3, -0.25) is 19.6 Å². The van der Waals surface area contributed by atoms with E-state index in [1.165, 1.54) is 17.1 Å². The van der Waals surface area contributed by atoms with Crippen molar-refractivity contribution in [2.75, 3.05) is 6.54 Å². The van der Waals surface area contributed by atoms with Gasteiger partial charge in [-0.1, -0.05) is 12.1 Å². The van der Waals surface area contributed by atoms with Gasteiger partial charge in [0.1, 0.15) is 11.3 Å². The largest absolute Gasteiger partial charge is 0.509 e. The van der Waals surface area contributed by atoms with E-state index >= 15 is 0 Å². The number of hydrazine groups is 1. The van der Waals surface area contributed by atoms with E-state index in [-0.39, 0.29) is 29.9 Å². The summed E-state index contributed by atoms with van der Waals surface area (Å²) in [6.45, 7) is 1.93. The van der Waals surface area contributed by atoms with Gasteiger partial charge >= 0.3 is 0 Å². The molecule has 2 aliphatic rings. The van der Waals surface area contributed by atoms with Crippen LogP contribution in [0.1, 0.15) is 31.0 Å². The lowest BCUT2D eigenvalue weighted by Gasteiger charge is -2.46. The normalized spacial score (nSPS) is 21.5. The molecule has 1 atom stereocenters. The van der Waals surface area contributed by atoms with Crippen LogP contribution < -0.4 is 0 Å². The summed E-state index contributed by atoms with van der Waals surface area (Å²) in [6, 6.07) is 7.14. The first kappa shape index (κ1) is 21.6. The Morgan fingerprint density at radius 1 is 1.29 bits per heavy atom. The number of carbonyl (C=O) groups is 2. The summed E-state index contributed by atoms with van der Waals surface area (Å²) >= 11 is 3.28. The number of benzene rings is 1. The second-order valence-corrected chi connectivity index (χ2v) is 8.78. The molecule has 1 saturated heterocycles. The quantitative estimate of drug-likeness (QED) is 0.642. The third kappa shape index (κ3) is 3.76. The van der Waals surface area contributed by atoms with Crippen molar-refractivity contribution in [1.82, 2.24) is 15.0 Å². The van der Waals surface area contributed by atoms with Gasteiger partial charge in [-0.25, -0.2) is 13.8 Å². The fourth-order valence-corrected chi connectivity index (χ4v) is 4.42. The molecule has 1 aromatic carbocycles. The first-order valence-electron chi connectivity index (χ1n) is 9.82. The van der Waals surface area contributed by atoms with E-state index in [4.69, 9.17) is 0 Å². The molecule has 0 saturated carbocycles. The summed E-state index contributed by atoms with van der Waals surface area (Å²) in [7, 11) is 0. The lowest BCUT2D eigenvalue weighted by atomic mass is 9.88.